The first-order chi connectivity index (χ1) is 10.2. The zero-order valence-electron chi connectivity index (χ0n) is 12.2. The number of nitrogens with one attached hydrogen (secondary N) is 1. The molecule has 2 N–H and O–H groups in total. The highest BCUT2D eigenvalue weighted by atomic mass is 16.5. The van der Waals surface area contributed by atoms with Crippen molar-refractivity contribution in [2.75, 3.05) is 19.0 Å². The van der Waals surface area contributed by atoms with Crippen LogP contribution < -0.4 is 14.8 Å². The number of fused-ring (bicyclic) bond motifs is 1. The van der Waals surface area contributed by atoms with E-state index in [4.69, 9.17) is 9.47 Å². The molecule has 2 aromatic carbocycles. The third-order valence-corrected chi connectivity index (χ3v) is 3.78. The molecular formula is C17H19NO3. The number of methoxy groups -OCH3 is 1. The van der Waals surface area contributed by atoms with E-state index in [0.717, 1.165) is 30.0 Å². The second-order valence-electron chi connectivity index (χ2n) is 5.22. The van der Waals surface area contributed by atoms with E-state index in [-0.39, 0.29) is 11.8 Å². The molecule has 1 aliphatic rings. The average Bonchev–Trinajstić information content (AvgIpc) is 2.95. The van der Waals surface area contributed by atoms with Gasteiger partial charge in [-0.15, -0.1) is 0 Å². The maximum Gasteiger partial charge on any atom is 0.160 e. The Labute approximate surface area is 124 Å². The second kappa shape index (κ2) is 5.56. The molecule has 0 saturated carbocycles. The molecular weight excluding hydrogens is 266 g/mol. The van der Waals surface area contributed by atoms with Crippen LogP contribution in [-0.4, -0.2) is 18.8 Å². The van der Waals surface area contributed by atoms with Crippen LogP contribution in [0.2, 0.25) is 0 Å². The Balaban J connectivity index is 1.78. The summed E-state index contributed by atoms with van der Waals surface area (Å²) in [7, 11) is 1.55. The zero-order valence-corrected chi connectivity index (χ0v) is 12.2. The van der Waals surface area contributed by atoms with Gasteiger partial charge in [0.1, 0.15) is 5.75 Å². The van der Waals surface area contributed by atoms with Gasteiger partial charge in [0.25, 0.3) is 0 Å². The van der Waals surface area contributed by atoms with Gasteiger partial charge in [-0.05, 0) is 48.4 Å². The van der Waals surface area contributed by atoms with Crippen LogP contribution in [0, 0.1) is 0 Å². The first kappa shape index (κ1) is 13.6. The van der Waals surface area contributed by atoms with Crippen LogP contribution in [-0.2, 0) is 6.42 Å². The monoisotopic (exact) mass is 285 g/mol. The Hall–Kier alpha value is -2.36. The number of anilines is 1. The fourth-order valence-electron chi connectivity index (χ4n) is 2.57. The molecule has 0 bridgehead atoms. The summed E-state index contributed by atoms with van der Waals surface area (Å²) in [6.07, 6.45) is 0.965. The van der Waals surface area contributed by atoms with E-state index in [9.17, 15) is 5.11 Å². The van der Waals surface area contributed by atoms with Gasteiger partial charge in [0.2, 0.25) is 0 Å². The topological polar surface area (TPSA) is 50.7 Å². The van der Waals surface area contributed by atoms with Crippen molar-refractivity contribution in [3.05, 3.63) is 47.5 Å². The molecule has 0 radical (unpaired) electrons. The van der Waals surface area contributed by atoms with Gasteiger partial charge in [0, 0.05) is 18.2 Å². The van der Waals surface area contributed by atoms with Gasteiger partial charge >= 0.3 is 0 Å². The minimum atomic E-state index is 0.111. The highest BCUT2D eigenvalue weighted by molar-refractivity contribution is 5.54. The second-order valence-corrected chi connectivity index (χ2v) is 5.22. The third-order valence-electron chi connectivity index (χ3n) is 3.78. The molecule has 0 saturated heterocycles. The van der Waals surface area contributed by atoms with Crippen LogP contribution in [0.15, 0.2) is 36.4 Å². The van der Waals surface area contributed by atoms with Crippen molar-refractivity contribution in [2.24, 2.45) is 0 Å². The first-order valence-corrected chi connectivity index (χ1v) is 7.06. The predicted molar refractivity (Wildman–Crippen MR) is 82.3 cm³/mol. The third kappa shape index (κ3) is 2.75. The summed E-state index contributed by atoms with van der Waals surface area (Å²) >= 11 is 0. The van der Waals surface area contributed by atoms with Crippen LogP contribution in [0.5, 0.6) is 17.2 Å². The van der Waals surface area contributed by atoms with E-state index in [0.29, 0.717) is 5.75 Å². The van der Waals surface area contributed by atoms with Crippen molar-refractivity contribution in [3.63, 3.8) is 0 Å². The fraction of sp³-hybridized carbons (Fsp3) is 0.294. The Kier molecular flexibility index (Phi) is 3.60. The van der Waals surface area contributed by atoms with Crippen molar-refractivity contribution in [2.45, 2.75) is 19.4 Å². The van der Waals surface area contributed by atoms with Gasteiger partial charge in [-0.3, -0.25) is 0 Å². The lowest BCUT2D eigenvalue weighted by molar-refractivity contribution is 0.357. The van der Waals surface area contributed by atoms with Crippen LogP contribution >= 0.6 is 0 Å². The molecule has 4 heteroatoms. The van der Waals surface area contributed by atoms with E-state index < -0.39 is 0 Å². The highest BCUT2D eigenvalue weighted by Crippen LogP contribution is 2.32. The van der Waals surface area contributed by atoms with E-state index in [1.807, 2.05) is 24.3 Å². The van der Waals surface area contributed by atoms with Crippen LogP contribution in [0.4, 0.5) is 5.69 Å². The van der Waals surface area contributed by atoms with Crippen molar-refractivity contribution < 1.29 is 14.6 Å². The van der Waals surface area contributed by atoms with Crippen molar-refractivity contribution in [3.8, 4) is 17.2 Å². The molecule has 0 spiro atoms. The lowest BCUT2D eigenvalue weighted by Gasteiger charge is -2.17. The quantitative estimate of drug-likeness (QED) is 0.902. The maximum absolute atomic E-state index is 9.65. The molecule has 1 heterocycles. The Morgan fingerprint density at radius 3 is 2.90 bits per heavy atom. The molecule has 110 valence electrons. The Morgan fingerprint density at radius 1 is 1.24 bits per heavy atom. The van der Waals surface area contributed by atoms with Gasteiger partial charge in [0.15, 0.2) is 11.5 Å². The molecule has 21 heavy (non-hydrogen) atoms. The summed E-state index contributed by atoms with van der Waals surface area (Å²) in [4.78, 5) is 0. The van der Waals surface area contributed by atoms with Gasteiger partial charge in [-0.1, -0.05) is 6.07 Å². The van der Waals surface area contributed by atoms with Gasteiger partial charge in [0.05, 0.1) is 13.7 Å². The van der Waals surface area contributed by atoms with Crippen molar-refractivity contribution in [1.29, 1.82) is 0 Å². The van der Waals surface area contributed by atoms with Crippen LogP contribution in [0.25, 0.3) is 0 Å². The van der Waals surface area contributed by atoms with Crippen LogP contribution in [0.3, 0.4) is 0 Å². The number of phenols is 1. The summed E-state index contributed by atoms with van der Waals surface area (Å²) in [6.45, 7) is 2.85. The normalized spacial score (nSPS) is 14.2. The van der Waals surface area contributed by atoms with Crippen molar-refractivity contribution in [1.82, 2.24) is 0 Å². The Morgan fingerprint density at radius 2 is 2.10 bits per heavy atom. The molecule has 1 atom stereocenters. The number of benzene rings is 2. The number of phenolic OH excluding ortho intramolecular Hbond substituents is 1. The van der Waals surface area contributed by atoms with Crippen molar-refractivity contribution >= 4 is 5.69 Å². The van der Waals surface area contributed by atoms with E-state index in [1.54, 1.807) is 13.2 Å². The zero-order chi connectivity index (χ0) is 14.8. The summed E-state index contributed by atoms with van der Waals surface area (Å²) in [5, 5.41) is 13.1. The minimum Gasteiger partial charge on any atom is -0.504 e. The number of aromatic hydroxyl groups is 1. The molecule has 2 aromatic rings. The van der Waals surface area contributed by atoms with Gasteiger partial charge in [-0.2, -0.15) is 0 Å². The molecule has 1 unspecified atom stereocenters. The largest absolute Gasteiger partial charge is 0.504 e. The smallest absolute Gasteiger partial charge is 0.160 e. The van der Waals surface area contributed by atoms with Crippen LogP contribution in [0.1, 0.15) is 24.1 Å². The molecule has 1 aliphatic heterocycles. The maximum atomic E-state index is 9.65. The number of rotatable bonds is 4. The molecule has 0 amide bonds. The first-order valence-electron chi connectivity index (χ1n) is 7.06. The summed E-state index contributed by atoms with van der Waals surface area (Å²) in [5.74, 6) is 1.63. The lowest BCUT2D eigenvalue weighted by Crippen LogP contribution is -2.06. The standard InChI is InChI=1S/C17H19NO3/c1-11(12-3-5-15(19)17(10-12)20-2)18-14-4-6-16-13(9-14)7-8-21-16/h3-6,9-11,18-19H,7-8H2,1-2H3. The minimum absolute atomic E-state index is 0.111. The fourth-order valence-corrected chi connectivity index (χ4v) is 2.57. The molecule has 3 rings (SSSR count). The number of hydrogen-bond donors (Lipinski definition) is 2. The predicted octanol–water partition coefficient (Wildman–Crippen LogP) is 3.51. The van der Waals surface area contributed by atoms with Gasteiger partial charge < -0.3 is 19.9 Å². The number of hydrogen-bond acceptors (Lipinski definition) is 4. The molecule has 0 fully saturated rings. The summed E-state index contributed by atoms with van der Waals surface area (Å²) < 4.78 is 10.7. The lowest BCUT2D eigenvalue weighted by atomic mass is 10.1. The van der Waals surface area contributed by atoms with E-state index in [1.165, 1.54) is 5.56 Å². The van der Waals surface area contributed by atoms with Gasteiger partial charge in [-0.25, -0.2) is 0 Å². The SMILES string of the molecule is COc1cc(C(C)Nc2ccc3c(c2)CCO3)ccc1O. The number of ether oxygens (including phenoxy) is 2. The summed E-state index contributed by atoms with van der Waals surface area (Å²) in [6, 6.07) is 11.7. The summed E-state index contributed by atoms with van der Waals surface area (Å²) in [5.41, 5.74) is 3.37. The molecule has 0 aliphatic carbocycles. The Bertz CT molecular complexity index is 654. The molecule has 4 nitrogen and oxygen atoms in total. The molecule has 0 aromatic heterocycles. The van der Waals surface area contributed by atoms with E-state index >= 15 is 0 Å². The highest BCUT2D eigenvalue weighted by Gasteiger charge is 2.14. The van der Waals surface area contributed by atoms with E-state index in [2.05, 4.69) is 18.3 Å². The average molecular weight is 285 g/mol.